The third kappa shape index (κ3) is 2.53. The second-order valence-corrected chi connectivity index (χ2v) is 4.29. The molecule has 76 valence electrons. The van der Waals surface area contributed by atoms with Gasteiger partial charge in [-0.15, -0.1) is 0 Å². The summed E-state index contributed by atoms with van der Waals surface area (Å²) in [6, 6.07) is 0. The Labute approximate surface area is 81.4 Å². The monoisotopic (exact) mass is 183 g/mol. The third-order valence-corrected chi connectivity index (χ3v) is 2.99. The summed E-state index contributed by atoms with van der Waals surface area (Å²) in [6.07, 6.45) is 2.19. The fourth-order valence-electron chi connectivity index (χ4n) is 1.55. The molecule has 2 heteroatoms. The minimum absolute atomic E-state index is 0.106. The van der Waals surface area contributed by atoms with Crippen molar-refractivity contribution in [3.05, 3.63) is 0 Å². The van der Waals surface area contributed by atoms with Gasteiger partial charge in [-0.1, -0.05) is 20.8 Å². The van der Waals surface area contributed by atoms with E-state index in [1.807, 2.05) is 0 Å². The molecule has 1 aliphatic rings. The molecule has 1 heterocycles. The van der Waals surface area contributed by atoms with Crippen LogP contribution in [0.25, 0.3) is 0 Å². The zero-order valence-corrected chi connectivity index (χ0v) is 9.26. The van der Waals surface area contributed by atoms with Crippen molar-refractivity contribution in [1.29, 1.82) is 0 Å². The van der Waals surface area contributed by atoms with Crippen LogP contribution >= 0.6 is 0 Å². The van der Waals surface area contributed by atoms with Gasteiger partial charge in [-0.2, -0.15) is 0 Å². The molecule has 0 bridgehead atoms. The van der Waals surface area contributed by atoms with E-state index in [1.54, 1.807) is 0 Å². The van der Waals surface area contributed by atoms with E-state index in [-0.39, 0.29) is 5.54 Å². The highest BCUT2D eigenvalue weighted by Gasteiger charge is 2.32. The van der Waals surface area contributed by atoms with Gasteiger partial charge in [0.1, 0.15) is 0 Å². The number of hydrogen-bond donors (Lipinski definition) is 0. The van der Waals surface area contributed by atoms with E-state index in [0.717, 1.165) is 26.1 Å². The highest BCUT2D eigenvalue weighted by atomic mass is 16.5. The van der Waals surface area contributed by atoms with Crippen molar-refractivity contribution in [2.24, 2.45) is 10.9 Å². The summed E-state index contributed by atoms with van der Waals surface area (Å²) in [5.74, 6) is 0.559. The molecule has 1 unspecified atom stereocenters. The van der Waals surface area contributed by atoms with Gasteiger partial charge in [0.2, 0.25) is 0 Å². The number of rotatable bonds is 3. The summed E-state index contributed by atoms with van der Waals surface area (Å²) in [7, 11) is 0. The van der Waals surface area contributed by atoms with Crippen LogP contribution in [0.15, 0.2) is 4.99 Å². The summed E-state index contributed by atoms with van der Waals surface area (Å²) in [5.41, 5.74) is 1.36. The predicted octanol–water partition coefficient (Wildman–Crippen LogP) is 2.67. The van der Waals surface area contributed by atoms with Crippen LogP contribution in [0.4, 0.5) is 0 Å². The van der Waals surface area contributed by atoms with Crippen molar-refractivity contribution in [3.8, 4) is 0 Å². The van der Waals surface area contributed by atoms with Crippen LogP contribution in [0.5, 0.6) is 0 Å². The maximum absolute atomic E-state index is 5.42. The van der Waals surface area contributed by atoms with Crippen LogP contribution < -0.4 is 0 Å². The predicted molar refractivity (Wildman–Crippen MR) is 56.4 cm³/mol. The van der Waals surface area contributed by atoms with E-state index in [4.69, 9.17) is 9.73 Å². The Balaban J connectivity index is 2.72. The van der Waals surface area contributed by atoms with Gasteiger partial charge >= 0.3 is 0 Å². The van der Waals surface area contributed by atoms with Gasteiger partial charge in [0.15, 0.2) is 0 Å². The van der Waals surface area contributed by atoms with Gasteiger partial charge in [0.05, 0.1) is 12.1 Å². The first-order chi connectivity index (χ1) is 6.09. The van der Waals surface area contributed by atoms with E-state index in [9.17, 15) is 0 Å². The molecule has 1 saturated heterocycles. The van der Waals surface area contributed by atoms with Crippen molar-refractivity contribution in [3.63, 3.8) is 0 Å². The lowest BCUT2D eigenvalue weighted by Crippen LogP contribution is -2.27. The molecule has 0 saturated carbocycles. The van der Waals surface area contributed by atoms with Crippen LogP contribution in [0.3, 0.4) is 0 Å². The lowest BCUT2D eigenvalue weighted by Gasteiger charge is -2.22. The number of ether oxygens (including phenoxy) is 1. The van der Waals surface area contributed by atoms with Crippen molar-refractivity contribution < 1.29 is 4.74 Å². The average molecular weight is 183 g/mol. The fourth-order valence-corrected chi connectivity index (χ4v) is 1.55. The molecule has 1 aliphatic heterocycles. The Kier molecular flexibility index (Phi) is 3.48. The fraction of sp³-hybridized carbons (Fsp3) is 0.909. The molecule has 0 aromatic carbocycles. The molecule has 0 radical (unpaired) electrons. The van der Waals surface area contributed by atoms with Crippen LogP contribution in [0.1, 0.15) is 40.5 Å². The van der Waals surface area contributed by atoms with Crippen molar-refractivity contribution >= 4 is 5.71 Å². The lowest BCUT2D eigenvalue weighted by atomic mass is 9.95. The largest absolute Gasteiger partial charge is 0.379 e. The number of aliphatic imine (C=N–C) groups is 1. The van der Waals surface area contributed by atoms with Gasteiger partial charge in [-0.3, -0.25) is 4.99 Å². The first kappa shape index (κ1) is 10.7. The van der Waals surface area contributed by atoms with Gasteiger partial charge in [0.25, 0.3) is 0 Å². The van der Waals surface area contributed by atoms with Crippen LogP contribution in [0.2, 0.25) is 0 Å². The lowest BCUT2D eigenvalue weighted by molar-refractivity contribution is 0.177. The second-order valence-electron chi connectivity index (χ2n) is 4.29. The molecular formula is C11H21NO. The maximum atomic E-state index is 5.42. The van der Waals surface area contributed by atoms with Crippen LogP contribution in [-0.4, -0.2) is 24.5 Å². The smallest absolute Gasteiger partial charge is 0.0859 e. The highest BCUT2D eigenvalue weighted by molar-refractivity contribution is 5.84. The van der Waals surface area contributed by atoms with Gasteiger partial charge in [-0.05, 0) is 25.7 Å². The molecule has 2 nitrogen and oxygen atoms in total. The number of nitrogens with zero attached hydrogens (tertiary/aromatic N) is 1. The Morgan fingerprint density at radius 3 is 2.62 bits per heavy atom. The molecule has 0 aromatic rings. The Morgan fingerprint density at radius 1 is 1.54 bits per heavy atom. The molecule has 0 spiro atoms. The van der Waals surface area contributed by atoms with Crippen molar-refractivity contribution in [1.82, 2.24) is 0 Å². The molecule has 0 aliphatic carbocycles. The molecule has 0 N–H and O–H groups in total. The van der Waals surface area contributed by atoms with Gasteiger partial charge in [-0.25, -0.2) is 0 Å². The zero-order chi connectivity index (χ0) is 9.90. The molecule has 1 rings (SSSR count). The average Bonchev–Trinajstić information content (AvgIpc) is 2.54. The Hall–Kier alpha value is -0.370. The molecule has 0 aromatic heterocycles. The number of hydrogen-bond acceptors (Lipinski definition) is 2. The Morgan fingerprint density at radius 2 is 2.23 bits per heavy atom. The summed E-state index contributed by atoms with van der Waals surface area (Å²) < 4.78 is 5.42. The van der Waals surface area contributed by atoms with Crippen molar-refractivity contribution in [2.75, 3.05) is 13.2 Å². The topological polar surface area (TPSA) is 21.6 Å². The van der Waals surface area contributed by atoms with Gasteiger partial charge < -0.3 is 4.74 Å². The molecule has 1 atom stereocenters. The SMILES string of the molecule is CCC1(N=C(C)C(C)C)CCOC1. The Bertz CT molecular complexity index is 190. The van der Waals surface area contributed by atoms with E-state index in [0.29, 0.717) is 5.92 Å². The second kappa shape index (κ2) is 4.23. The summed E-state index contributed by atoms with van der Waals surface area (Å²) in [5, 5.41) is 0. The highest BCUT2D eigenvalue weighted by Crippen LogP contribution is 2.27. The van der Waals surface area contributed by atoms with Crippen LogP contribution in [-0.2, 0) is 4.74 Å². The molecule has 1 fully saturated rings. The van der Waals surface area contributed by atoms with E-state index >= 15 is 0 Å². The minimum atomic E-state index is 0.106. The zero-order valence-electron chi connectivity index (χ0n) is 9.26. The quantitative estimate of drug-likeness (QED) is 0.616. The minimum Gasteiger partial charge on any atom is -0.379 e. The van der Waals surface area contributed by atoms with Gasteiger partial charge in [0, 0.05) is 12.3 Å². The van der Waals surface area contributed by atoms with E-state index in [1.165, 1.54) is 5.71 Å². The normalized spacial score (nSPS) is 30.1. The molecule has 0 amide bonds. The molecular weight excluding hydrogens is 162 g/mol. The summed E-state index contributed by atoms with van der Waals surface area (Å²) in [4.78, 5) is 4.82. The molecule has 13 heavy (non-hydrogen) atoms. The maximum Gasteiger partial charge on any atom is 0.0859 e. The summed E-state index contributed by atoms with van der Waals surface area (Å²) >= 11 is 0. The van der Waals surface area contributed by atoms with Crippen molar-refractivity contribution in [2.45, 2.75) is 46.1 Å². The summed E-state index contributed by atoms with van der Waals surface area (Å²) in [6.45, 7) is 10.4. The first-order valence-corrected chi connectivity index (χ1v) is 5.24. The first-order valence-electron chi connectivity index (χ1n) is 5.24. The van der Waals surface area contributed by atoms with E-state index < -0.39 is 0 Å². The van der Waals surface area contributed by atoms with Crippen LogP contribution in [0, 0.1) is 5.92 Å². The van der Waals surface area contributed by atoms with E-state index in [2.05, 4.69) is 27.7 Å². The third-order valence-electron chi connectivity index (χ3n) is 2.99. The standard InChI is InChI=1S/C11H21NO/c1-5-11(6-7-13-8-11)12-10(4)9(2)3/h9H,5-8H2,1-4H3.